The van der Waals surface area contributed by atoms with Crippen LogP contribution in [-0.2, 0) is 9.53 Å². The van der Waals surface area contributed by atoms with Gasteiger partial charge >= 0.3 is 6.09 Å². The fraction of sp³-hybridized carbons (Fsp3) is 0.538. The first kappa shape index (κ1) is 17.1. The minimum atomic E-state index is -0.630. The summed E-state index contributed by atoms with van der Waals surface area (Å²) in [6.45, 7) is 3.25. The first-order valence-electron chi connectivity index (χ1n) is 7.10. The van der Waals surface area contributed by atoms with Gasteiger partial charge in [0.05, 0.1) is 5.69 Å². The Morgan fingerprint density at radius 2 is 2.22 bits per heavy atom. The molecular formula is C13H19ClN6O3. The van der Waals surface area contributed by atoms with Crippen LogP contribution in [0.15, 0.2) is 6.07 Å². The van der Waals surface area contributed by atoms with Gasteiger partial charge in [-0.05, 0) is 6.92 Å². The molecule has 0 saturated carbocycles. The van der Waals surface area contributed by atoms with Crippen LogP contribution in [0.25, 0.3) is 0 Å². The van der Waals surface area contributed by atoms with Crippen molar-refractivity contribution < 1.29 is 14.3 Å². The summed E-state index contributed by atoms with van der Waals surface area (Å²) in [5.41, 5.74) is 6.54. The third-order valence-corrected chi connectivity index (χ3v) is 3.78. The Bertz CT molecular complexity index is 599. The number of nitrogens with zero attached hydrogens (tertiary/aromatic N) is 4. The molecule has 2 heterocycles. The number of anilines is 2. The van der Waals surface area contributed by atoms with Gasteiger partial charge in [0.25, 0.3) is 5.91 Å². The van der Waals surface area contributed by atoms with Gasteiger partial charge in [0, 0.05) is 38.8 Å². The number of hydrogen-bond donors (Lipinski definition) is 2. The predicted octanol–water partition coefficient (Wildman–Crippen LogP) is 0.105. The molecular weight excluding hydrogens is 324 g/mol. The number of carbonyl (C=O) groups is 2. The molecule has 0 aromatic carbocycles. The van der Waals surface area contributed by atoms with E-state index in [-0.39, 0.29) is 23.7 Å². The van der Waals surface area contributed by atoms with Gasteiger partial charge < -0.3 is 25.6 Å². The van der Waals surface area contributed by atoms with Crippen LogP contribution in [0.1, 0.15) is 6.92 Å². The lowest BCUT2D eigenvalue weighted by Crippen LogP contribution is -2.55. The van der Waals surface area contributed by atoms with E-state index in [4.69, 9.17) is 22.1 Å². The Hall–Kier alpha value is -2.29. The van der Waals surface area contributed by atoms with Crippen LogP contribution in [0, 0.1) is 0 Å². The Morgan fingerprint density at radius 3 is 2.87 bits per heavy atom. The number of nitrogens with two attached hydrogens (primary N) is 1. The van der Waals surface area contributed by atoms with Gasteiger partial charge in [-0.1, -0.05) is 11.6 Å². The number of aromatic nitrogens is 2. The van der Waals surface area contributed by atoms with Crippen LogP contribution >= 0.6 is 11.6 Å². The number of hydrogen-bond acceptors (Lipinski definition) is 7. The Labute approximate surface area is 138 Å². The molecule has 2 amide bonds. The molecule has 1 aromatic rings. The number of piperazine rings is 1. The molecule has 0 bridgehead atoms. The number of carbonyl (C=O) groups excluding carboxylic acids is 2. The lowest BCUT2D eigenvalue weighted by Gasteiger charge is -2.40. The van der Waals surface area contributed by atoms with Gasteiger partial charge in [-0.2, -0.15) is 0 Å². The second-order valence-electron chi connectivity index (χ2n) is 5.15. The van der Waals surface area contributed by atoms with Gasteiger partial charge in [0.1, 0.15) is 0 Å². The van der Waals surface area contributed by atoms with Gasteiger partial charge in [0.2, 0.25) is 0 Å². The quantitative estimate of drug-likeness (QED) is 0.801. The van der Waals surface area contributed by atoms with E-state index >= 15 is 0 Å². The van der Waals surface area contributed by atoms with E-state index in [1.165, 1.54) is 7.05 Å². The van der Waals surface area contributed by atoms with Crippen LogP contribution in [0.3, 0.4) is 0 Å². The molecule has 0 radical (unpaired) electrons. The molecule has 1 fully saturated rings. The minimum absolute atomic E-state index is 0.0733. The summed E-state index contributed by atoms with van der Waals surface area (Å²) >= 11 is 5.86. The highest BCUT2D eigenvalue weighted by atomic mass is 35.5. The molecule has 2 rings (SSSR count). The third-order valence-electron chi connectivity index (χ3n) is 3.59. The van der Waals surface area contributed by atoms with Crippen molar-refractivity contribution in [1.29, 1.82) is 0 Å². The molecule has 1 unspecified atom stereocenters. The van der Waals surface area contributed by atoms with Crippen molar-refractivity contribution in [3.63, 3.8) is 0 Å². The van der Waals surface area contributed by atoms with Gasteiger partial charge in [0.15, 0.2) is 17.6 Å². The zero-order valence-corrected chi connectivity index (χ0v) is 13.7. The standard InChI is InChI=1S/C13H19ClN6O3/c1-8-6-19(9-5-10(14)17-18-12(9)15)3-4-20(8)11(21)7-23-13(22)16-2/h5,8H,3-4,6-7H2,1-2H3,(H2,15,18)(H,16,22). The zero-order chi connectivity index (χ0) is 17.0. The topological polar surface area (TPSA) is 114 Å². The molecule has 1 aromatic heterocycles. The molecule has 23 heavy (non-hydrogen) atoms. The van der Waals surface area contributed by atoms with E-state index in [0.717, 1.165) is 0 Å². The molecule has 10 heteroatoms. The Kier molecular flexibility index (Phi) is 5.43. The Morgan fingerprint density at radius 1 is 1.48 bits per heavy atom. The van der Waals surface area contributed by atoms with Gasteiger partial charge in [-0.25, -0.2) is 4.79 Å². The summed E-state index contributed by atoms with van der Waals surface area (Å²) in [6.07, 6.45) is -0.630. The summed E-state index contributed by atoms with van der Waals surface area (Å²) in [4.78, 5) is 26.8. The number of ether oxygens (including phenoxy) is 1. The summed E-state index contributed by atoms with van der Waals surface area (Å²) < 4.78 is 4.79. The number of amides is 2. The van der Waals surface area contributed by atoms with Crippen LogP contribution < -0.4 is 16.0 Å². The van der Waals surface area contributed by atoms with E-state index in [9.17, 15) is 9.59 Å². The molecule has 1 aliphatic rings. The number of rotatable bonds is 3. The average Bonchev–Trinajstić information content (AvgIpc) is 2.54. The first-order chi connectivity index (χ1) is 10.9. The summed E-state index contributed by atoms with van der Waals surface area (Å²) in [5.74, 6) is 0.0592. The molecule has 0 aliphatic carbocycles. The molecule has 1 saturated heterocycles. The number of nitrogen functional groups attached to an aromatic ring is 1. The fourth-order valence-corrected chi connectivity index (χ4v) is 2.59. The SMILES string of the molecule is CNC(=O)OCC(=O)N1CCN(c2cc(Cl)nnc2N)CC1C. The van der Waals surface area contributed by atoms with E-state index < -0.39 is 6.09 Å². The van der Waals surface area contributed by atoms with Gasteiger partial charge in [-0.3, -0.25) is 4.79 Å². The van der Waals surface area contributed by atoms with Crippen molar-refractivity contribution >= 4 is 35.1 Å². The lowest BCUT2D eigenvalue weighted by atomic mass is 10.1. The van der Waals surface area contributed by atoms with Crippen LogP contribution in [0.2, 0.25) is 5.15 Å². The number of nitrogens with one attached hydrogen (secondary N) is 1. The van der Waals surface area contributed by atoms with Crippen molar-refractivity contribution in [2.45, 2.75) is 13.0 Å². The Balaban J connectivity index is 1.98. The maximum absolute atomic E-state index is 12.1. The normalized spacial score (nSPS) is 17.8. The van der Waals surface area contributed by atoms with Crippen LogP contribution in [-0.4, -0.2) is 66.4 Å². The van der Waals surface area contributed by atoms with Crippen LogP contribution in [0.4, 0.5) is 16.3 Å². The second kappa shape index (κ2) is 7.32. The maximum atomic E-state index is 12.1. The van der Waals surface area contributed by atoms with Crippen molar-refractivity contribution in [3.8, 4) is 0 Å². The third kappa shape index (κ3) is 4.13. The van der Waals surface area contributed by atoms with Crippen LogP contribution in [0.5, 0.6) is 0 Å². The second-order valence-corrected chi connectivity index (χ2v) is 5.53. The van der Waals surface area contributed by atoms with E-state index in [1.54, 1.807) is 11.0 Å². The molecule has 9 nitrogen and oxygen atoms in total. The molecule has 1 atom stereocenters. The van der Waals surface area contributed by atoms with E-state index in [1.807, 2.05) is 11.8 Å². The lowest BCUT2D eigenvalue weighted by molar-refractivity contribution is -0.136. The monoisotopic (exact) mass is 342 g/mol. The number of alkyl carbamates (subject to hydrolysis) is 1. The molecule has 126 valence electrons. The average molecular weight is 343 g/mol. The summed E-state index contributed by atoms with van der Waals surface area (Å²) in [5, 5.41) is 10.0. The molecule has 1 aliphatic heterocycles. The molecule has 3 N–H and O–H groups in total. The predicted molar refractivity (Wildman–Crippen MR) is 85.3 cm³/mol. The van der Waals surface area contributed by atoms with Crippen molar-refractivity contribution in [3.05, 3.63) is 11.2 Å². The van der Waals surface area contributed by atoms with Crippen molar-refractivity contribution in [2.24, 2.45) is 0 Å². The molecule has 0 spiro atoms. The maximum Gasteiger partial charge on any atom is 0.407 e. The number of halogens is 1. The first-order valence-corrected chi connectivity index (χ1v) is 7.47. The summed E-state index contributed by atoms with van der Waals surface area (Å²) in [7, 11) is 1.44. The zero-order valence-electron chi connectivity index (χ0n) is 13.0. The minimum Gasteiger partial charge on any atom is -0.439 e. The van der Waals surface area contributed by atoms with Gasteiger partial charge in [-0.15, -0.1) is 10.2 Å². The van der Waals surface area contributed by atoms with Crippen molar-refractivity contribution in [2.75, 3.05) is 43.9 Å². The van der Waals surface area contributed by atoms with E-state index in [0.29, 0.717) is 31.1 Å². The largest absolute Gasteiger partial charge is 0.439 e. The van der Waals surface area contributed by atoms with Crippen molar-refractivity contribution in [1.82, 2.24) is 20.4 Å². The highest BCUT2D eigenvalue weighted by Crippen LogP contribution is 2.25. The highest BCUT2D eigenvalue weighted by molar-refractivity contribution is 6.29. The fourth-order valence-electron chi connectivity index (χ4n) is 2.45. The van der Waals surface area contributed by atoms with E-state index in [2.05, 4.69) is 15.5 Å². The smallest absolute Gasteiger partial charge is 0.407 e. The summed E-state index contributed by atoms with van der Waals surface area (Å²) in [6, 6.07) is 1.58. The highest BCUT2D eigenvalue weighted by Gasteiger charge is 2.29.